The fourth-order valence-electron chi connectivity index (χ4n) is 2.38. The molecule has 0 aliphatic heterocycles. The van der Waals surface area contributed by atoms with Gasteiger partial charge in [0.15, 0.2) is 46.4 Å². The second kappa shape index (κ2) is 6.02. The van der Waals surface area contributed by atoms with Gasteiger partial charge in [0.2, 0.25) is 0 Å². The van der Waals surface area contributed by atoms with Gasteiger partial charge in [-0.3, -0.25) is 10.2 Å². The van der Waals surface area contributed by atoms with E-state index in [9.17, 15) is 36.6 Å². The molecule has 0 bridgehead atoms. The van der Waals surface area contributed by atoms with Gasteiger partial charge < -0.3 is 0 Å². The van der Waals surface area contributed by atoms with E-state index < -0.39 is 63.4 Å². The Bertz CT molecular complexity index is 712. The first kappa shape index (κ1) is 17.0. The van der Waals surface area contributed by atoms with Crippen LogP contribution >= 0.6 is 0 Å². The molecule has 2 nitrogen and oxygen atoms in total. The molecule has 2 aromatic rings. The van der Waals surface area contributed by atoms with E-state index in [1.165, 1.54) is 6.92 Å². The highest BCUT2D eigenvalue weighted by Crippen LogP contribution is 2.43. The zero-order chi connectivity index (χ0) is 17.5. The van der Waals surface area contributed by atoms with E-state index in [0.29, 0.717) is 0 Å². The summed E-state index contributed by atoms with van der Waals surface area (Å²) < 4.78 is 80.4. The highest BCUT2D eigenvalue weighted by atomic mass is 19.2. The number of rotatable bonds is 3. The summed E-state index contributed by atoms with van der Waals surface area (Å²) in [6.45, 7) is 1.28. The third kappa shape index (κ3) is 2.69. The molecule has 23 heavy (non-hydrogen) atoms. The first-order chi connectivity index (χ1) is 10.7. The maximum absolute atomic E-state index is 13.9. The lowest BCUT2D eigenvalue weighted by atomic mass is 9.86. The van der Waals surface area contributed by atoms with Gasteiger partial charge in [0.25, 0.3) is 0 Å². The van der Waals surface area contributed by atoms with Crippen LogP contribution in [-0.4, -0.2) is 0 Å². The van der Waals surface area contributed by atoms with Gasteiger partial charge in [-0.15, -0.1) is 0 Å². The van der Waals surface area contributed by atoms with E-state index in [1.54, 1.807) is 0 Å². The first-order valence-corrected chi connectivity index (χ1v) is 6.39. The zero-order valence-corrected chi connectivity index (χ0v) is 11.5. The predicted molar refractivity (Wildman–Crippen MR) is 65.0 cm³/mol. The molecule has 0 heterocycles. The molecule has 0 aromatic heterocycles. The molecule has 0 amide bonds. The second-order valence-corrected chi connectivity index (χ2v) is 4.76. The molecule has 0 saturated carbocycles. The van der Waals surface area contributed by atoms with E-state index in [0.717, 1.165) is 0 Å². The van der Waals surface area contributed by atoms with Gasteiger partial charge in [-0.05, 0) is 6.42 Å². The average Bonchev–Trinajstić information content (AvgIpc) is 2.49. The minimum atomic E-state index is -1.98. The highest BCUT2D eigenvalue weighted by Gasteiger charge is 2.32. The SMILES string of the molecule is CCC(c1c([O])cc(F)c(F)c1F)c1c([O])cc(F)c(F)c1F. The lowest BCUT2D eigenvalue weighted by molar-refractivity contribution is 0.320. The van der Waals surface area contributed by atoms with E-state index >= 15 is 0 Å². The lowest BCUT2D eigenvalue weighted by Gasteiger charge is -2.19. The molecule has 0 atom stereocenters. The van der Waals surface area contributed by atoms with Crippen molar-refractivity contribution in [3.8, 4) is 11.5 Å². The van der Waals surface area contributed by atoms with Crippen LogP contribution in [0.5, 0.6) is 11.5 Å². The Balaban J connectivity index is 2.78. The summed E-state index contributed by atoms with van der Waals surface area (Å²) in [6, 6.07) is 0.275. The summed E-state index contributed by atoms with van der Waals surface area (Å²) in [7, 11) is 0. The van der Waals surface area contributed by atoms with Crippen LogP contribution in [0.4, 0.5) is 26.3 Å². The molecule has 0 saturated heterocycles. The van der Waals surface area contributed by atoms with E-state index in [1.807, 2.05) is 0 Å². The third-order valence-corrected chi connectivity index (χ3v) is 3.43. The predicted octanol–water partition coefficient (Wildman–Crippen LogP) is 5.35. The van der Waals surface area contributed by atoms with Crippen molar-refractivity contribution in [2.45, 2.75) is 19.3 Å². The summed E-state index contributed by atoms with van der Waals surface area (Å²) >= 11 is 0. The van der Waals surface area contributed by atoms with Gasteiger partial charge in [0.1, 0.15) is 0 Å². The van der Waals surface area contributed by atoms with Crippen LogP contribution < -0.4 is 0 Å². The monoisotopic (exact) mass is 334 g/mol. The normalized spacial score (nSPS) is 11.3. The second-order valence-electron chi connectivity index (χ2n) is 4.76. The summed E-state index contributed by atoms with van der Waals surface area (Å²) in [5, 5.41) is 23.4. The molecule has 0 aliphatic carbocycles. The maximum Gasteiger partial charge on any atom is 0.194 e. The summed E-state index contributed by atoms with van der Waals surface area (Å²) in [6.07, 6.45) is -0.311. The summed E-state index contributed by atoms with van der Waals surface area (Å²) in [5.74, 6) is -15.6. The Morgan fingerprint density at radius 3 is 1.39 bits per heavy atom. The van der Waals surface area contributed by atoms with Gasteiger partial charge in [-0.2, -0.15) is 0 Å². The Hall–Kier alpha value is -2.38. The Morgan fingerprint density at radius 2 is 1.09 bits per heavy atom. The van der Waals surface area contributed by atoms with Crippen LogP contribution in [0.2, 0.25) is 0 Å². The van der Waals surface area contributed by atoms with Gasteiger partial charge in [0, 0.05) is 29.2 Å². The molecule has 122 valence electrons. The van der Waals surface area contributed by atoms with Crippen LogP contribution in [0.3, 0.4) is 0 Å². The molecule has 0 fully saturated rings. The van der Waals surface area contributed by atoms with E-state index in [2.05, 4.69) is 0 Å². The lowest BCUT2D eigenvalue weighted by Crippen LogP contribution is -2.10. The molecule has 2 radical (unpaired) electrons. The topological polar surface area (TPSA) is 39.8 Å². The fourth-order valence-corrected chi connectivity index (χ4v) is 2.38. The zero-order valence-electron chi connectivity index (χ0n) is 11.5. The Kier molecular flexibility index (Phi) is 4.44. The molecular formula is C15H8F6O2. The van der Waals surface area contributed by atoms with Crippen molar-refractivity contribution in [3.05, 3.63) is 58.2 Å². The molecular weight excluding hydrogens is 326 g/mol. The maximum atomic E-state index is 13.9. The first-order valence-electron chi connectivity index (χ1n) is 6.39. The summed E-state index contributed by atoms with van der Waals surface area (Å²) in [5.41, 5.74) is -2.04. The van der Waals surface area contributed by atoms with Crippen molar-refractivity contribution in [2.24, 2.45) is 0 Å². The summed E-state index contributed by atoms with van der Waals surface area (Å²) in [4.78, 5) is 0. The van der Waals surface area contributed by atoms with Crippen molar-refractivity contribution in [3.63, 3.8) is 0 Å². The number of hydrogen-bond acceptors (Lipinski definition) is 0. The van der Waals surface area contributed by atoms with Crippen LogP contribution in [0.1, 0.15) is 30.4 Å². The largest absolute Gasteiger partial charge is 0.289 e. The van der Waals surface area contributed by atoms with E-state index in [4.69, 9.17) is 0 Å². The van der Waals surface area contributed by atoms with Crippen LogP contribution in [-0.2, 0) is 10.2 Å². The highest BCUT2D eigenvalue weighted by molar-refractivity contribution is 5.48. The molecule has 8 heteroatoms. The van der Waals surface area contributed by atoms with Gasteiger partial charge in [-0.1, -0.05) is 6.92 Å². The number of halogens is 6. The van der Waals surface area contributed by atoms with Gasteiger partial charge >= 0.3 is 0 Å². The van der Waals surface area contributed by atoms with Crippen LogP contribution in [0, 0.1) is 34.9 Å². The molecule has 0 N–H and O–H groups in total. The average molecular weight is 334 g/mol. The number of benzene rings is 2. The van der Waals surface area contributed by atoms with Gasteiger partial charge in [-0.25, -0.2) is 26.3 Å². The standard InChI is InChI=1S/C15H8F6O2/c1-2-5(10-8(22)3-6(16)12(18)14(10)20)11-9(23)4-7(17)13(19)15(11)21/h3-5H,2H2,1H3. The molecule has 0 spiro atoms. The van der Waals surface area contributed by atoms with Crippen LogP contribution in [0.15, 0.2) is 12.1 Å². The van der Waals surface area contributed by atoms with Gasteiger partial charge in [0.05, 0.1) is 0 Å². The van der Waals surface area contributed by atoms with E-state index in [-0.39, 0.29) is 18.6 Å². The third-order valence-electron chi connectivity index (χ3n) is 3.43. The van der Waals surface area contributed by atoms with Crippen molar-refractivity contribution in [1.82, 2.24) is 0 Å². The van der Waals surface area contributed by atoms with Crippen molar-refractivity contribution in [2.75, 3.05) is 0 Å². The van der Waals surface area contributed by atoms with Crippen molar-refractivity contribution < 1.29 is 36.6 Å². The van der Waals surface area contributed by atoms with Crippen LogP contribution in [0.25, 0.3) is 0 Å². The molecule has 2 rings (SSSR count). The quantitative estimate of drug-likeness (QED) is 0.536. The minimum Gasteiger partial charge on any atom is -0.289 e. The van der Waals surface area contributed by atoms with Crippen molar-refractivity contribution in [1.29, 1.82) is 0 Å². The Labute approximate surface area is 126 Å². The molecule has 0 unspecified atom stereocenters. The smallest absolute Gasteiger partial charge is 0.194 e. The number of hydrogen-bond donors (Lipinski definition) is 0. The molecule has 0 aliphatic rings. The minimum absolute atomic E-state index is 0.138. The fraction of sp³-hybridized carbons (Fsp3) is 0.200. The van der Waals surface area contributed by atoms with Crippen molar-refractivity contribution >= 4 is 0 Å². The molecule has 2 aromatic carbocycles. The Morgan fingerprint density at radius 1 is 0.739 bits per heavy atom.